The third-order valence-corrected chi connectivity index (χ3v) is 5.14. The standard InChI is InChI=1S/C21H21N7O2/c1-11-8-13-17(16-15(25-20(13)23-11)9-27(2)21(16)29)24-14-7-5-6-12(18(14)30-4)19-22-10-28(3)26-19/h5-7,10H,1,8-9H2,2-4H3,(H2,23,24,25)/i2D3. The number of pyridine rings is 1. The zero-order chi connectivity index (χ0) is 23.5. The Balaban J connectivity index is 1.65. The number of nitrogens with zero attached hydrogens (tertiary/aromatic N) is 5. The average molecular weight is 406 g/mol. The predicted octanol–water partition coefficient (Wildman–Crippen LogP) is 2.70. The van der Waals surface area contributed by atoms with E-state index in [4.69, 9.17) is 8.85 Å². The number of carbonyl (C=O) groups is 1. The zero-order valence-corrected chi connectivity index (χ0v) is 16.5. The molecule has 152 valence electrons. The van der Waals surface area contributed by atoms with E-state index >= 15 is 0 Å². The number of methoxy groups -OCH3 is 1. The molecule has 0 unspecified atom stereocenters. The first-order valence-electron chi connectivity index (χ1n) is 10.8. The number of allylic oxidation sites excluding steroid dienone is 1. The van der Waals surface area contributed by atoms with Gasteiger partial charge in [0.25, 0.3) is 5.91 Å². The summed E-state index contributed by atoms with van der Waals surface area (Å²) >= 11 is 0. The van der Waals surface area contributed by atoms with Gasteiger partial charge in [0.15, 0.2) is 11.6 Å². The fourth-order valence-electron chi connectivity index (χ4n) is 3.84. The molecule has 2 N–H and O–H groups in total. The quantitative estimate of drug-likeness (QED) is 0.687. The van der Waals surface area contributed by atoms with Gasteiger partial charge in [0, 0.05) is 35.8 Å². The van der Waals surface area contributed by atoms with E-state index < -0.39 is 12.9 Å². The lowest BCUT2D eigenvalue weighted by molar-refractivity contribution is 0.0817. The number of nitrogens with one attached hydrogen (secondary N) is 2. The number of fused-ring (bicyclic) bond motifs is 2. The van der Waals surface area contributed by atoms with Crippen LogP contribution < -0.4 is 15.4 Å². The van der Waals surface area contributed by atoms with E-state index in [-0.39, 0.29) is 12.1 Å². The number of rotatable bonds is 4. The number of hydrogen-bond donors (Lipinski definition) is 2. The van der Waals surface area contributed by atoms with Gasteiger partial charge in [-0.05, 0) is 12.1 Å². The molecule has 9 nitrogen and oxygen atoms in total. The van der Waals surface area contributed by atoms with Crippen molar-refractivity contribution in [3.05, 3.63) is 53.6 Å². The number of aromatic nitrogens is 4. The first kappa shape index (κ1) is 15.0. The number of benzene rings is 1. The Morgan fingerprint density at radius 2 is 2.27 bits per heavy atom. The molecule has 0 spiro atoms. The smallest absolute Gasteiger partial charge is 0.258 e. The van der Waals surface area contributed by atoms with Crippen molar-refractivity contribution < 1.29 is 13.6 Å². The van der Waals surface area contributed by atoms with Crippen LogP contribution in [0.2, 0.25) is 0 Å². The summed E-state index contributed by atoms with van der Waals surface area (Å²) in [5, 5.41) is 10.8. The Kier molecular flexibility index (Phi) is 3.30. The Morgan fingerprint density at radius 3 is 3.00 bits per heavy atom. The summed E-state index contributed by atoms with van der Waals surface area (Å²) in [6.45, 7) is 1.30. The number of aryl methyl sites for hydroxylation is 1. The molecule has 2 aliphatic heterocycles. The third-order valence-electron chi connectivity index (χ3n) is 5.14. The Bertz CT molecular complexity index is 1320. The zero-order valence-electron chi connectivity index (χ0n) is 19.5. The van der Waals surface area contributed by atoms with Crippen molar-refractivity contribution in [2.75, 3.05) is 24.7 Å². The molecule has 2 aliphatic rings. The van der Waals surface area contributed by atoms with Gasteiger partial charge in [-0.1, -0.05) is 12.6 Å². The van der Waals surface area contributed by atoms with E-state index in [0.717, 1.165) is 16.2 Å². The summed E-state index contributed by atoms with van der Waals surface area (Å²) in [5.74, 6) is 0.943. The molecule has 5 rings (SSSR count). The largest absolute Gasteiger partial charge is 0.494 e. The first-order chi connectivity index (χ1) is 15.7. The molecule has 1 amide bonds. The van der Waals surface area contributed by atoms with Crippen LogP contribution in [0.1, 0.15) is 25.7 Å². The van der Waals surface area contributed by atoms with Crippen molar-refractivity contribution in [3.8, 4) is 17.1 Å². The van der Waals surface area contributed by atoms with Gasteiger partial charge in [0.1, 0.15) is 12.1 Å². The highest BCUT2D eigenvalue weighted by molar-refractivity contribution is 6.05. The minimum absolute atomic E-state index is 0.101. The molecule has 1 aromatic carbocycles. The van der Waals surface area contributed by atoms with Gasteiger partial charge in [-0.25, -0.2) is 9.97 Å². The maximum Gasteiger partial charge on any atom is 0.258 e. The van der Waals surface area contributed by atoms with Crippen molar-refractivity contribution in [2.45, 2.75) is 13.0 Å². The SMILES string of the molecule is [2H]C([2H])([2H])N1Cc2nc3c(c(Nc4cccc(-c5ncn(C)n5)c4OC)c2C1=O)CC(=C)N3. The molecular formula is C21H21N7O2. The molecule has 3 aromatic rings. The molecule has 9 heteroatoms. The number of ether oxygens (including phenoxy) is 1. The topological polar surface area (TPSA) is 97.2 Å². The minimum atomic E-state index is -2.57. The minimum Gasteiger partial charge on any atom is -0.494 e. The third kappa shape index (κ3) is 2.70. The van der Waals surface area contributed by atoms with Crippen molar-refractivity contribution in [1.82, 2.24) is 24.6 Å². The normalized spacial score (nSPS) is 16.5. The molecule has 0 fully saturated rings. The van der Waals surface area contributed by atoms with Crippen molar-refractivity contribution in [1.29, 1.82) is 0 Å². The van der Waals surface area contributed by atoms with Crippen molar-refractivity contribution in [2.24, 2.45) is 7.05 Å². The van der Waals surface area contributed by atoms with Crippen LogP contribution in [0.25, 0.3) is 11.4 Å². The highest BCUT2D eigenvalue weighted by Gasteiger charge is 2.34. The van der Waals surface area contributed by atoms with E-state index in [9.17, 15) is 4.79 Å². The van der Waals surface area contributed by atoms with Crippen LogP contribution in [0.4, 0.5) is 17.2 Å². The molecule has 4 heterocycles. The molecule has 2 aromatic heterocycles. The van der Waals surface area contributed by atoms with Gasteiger partial charge in [0.05, 0.1) is 41.9 Å². The van der Waals surface area contributed by atoms with Crippen LogP contribution in [-0.2, 0) is 20.0 Å². The summed E-state index contributed by atoms with van der Waals surface area (Å²) in [5.41, 5.74) is 3.85. The van der Waals surface area contributed by atoms with Crippen LogP contribution in [-0.4, -0.2) is 44.6 Å². The molecular weight excluding hydrogens is 382 g/mol. The number of carbonyl (C=O) groups excluding carboxylic acids is 1. The summed E-state index contributed by atoms with van der Waals surface area (Å²) < 4.78 is 30.5. The summed E-state index contributed by atoms with van der Waals surface area (Å²) in [7, 11) is 3.32. The second-order valence-corrected chi connectivity index (χ2v) is 7.19. The monoisotopic (exact) mass is 406 g/mol. The van der Waals surface area contributed by atoms with Gasteiger partial charge in [-0.15, -0.1) is 0 Å². The lowest BCUT2D eigenvalue weighted by Crippen LogP contribution is -2.18. The summed E-state index contributed by atoms with van der Waals surface area (Å²) in [4.78, 5) is 22.9. The molecule has 0 saturated carbocycles. The Labute approximate surface area is 177 Å². The number of amides is 1. The maximum atomic E-state index is 13.2. The van der Waals surface area contributed by atoms with Gasteiger partial charge in [-0.3, -0.25) is 9.48 Å². The van der Waals surface area contributed by atoms with Crippen LogP contribution in [0, 0.1) is 0 Å². The van der Waals surface area contributed by atoms with E-state index in [2.05, 4.69) is 32.3 Å². The fourth-order valence-corrected chi connectivity index (χ4v) is 3.84. The van der Waals surface area contributed by atoms with E-state index in [1.807, 2.05) is 18.2 Å². The highest BCUT2D eigenvalue weighted by atomic mass is 16.5. The van der Waals surface area contributed by atoms with E-state index in [0.29, 0.717) is 46.4 Å². The van der Waals surface area contributed by atoms with Gasteiger partial charge in [-0.2, -0.15) is 5.10 Å². The molecule has 0 radical (unpaired) electrons. The summed E-state index contributed by atoms with van der Waals surface area (Å²) in [6.07, 6.45) is 2.04. The van der Waals surface area contributed by atoms with Crippen LogP contribution in [0.3, 0.4) is 0 Å². The molecule has 0 saturated heterocycles. The lowest BCUT2D eigenvalue weighted by atomic mass is 10.0. The summed E-state index contributed by atoms with van der Waals surface area (Å²) in [6, 6.07) is 5.47. The Hall–Kier alpha value is -3.88. The average Bonchev–Trinajstić information content (AvgIpc) is 3.44. The molecule has 30 heavy (non-hydrogen) atoms. The lowest BCUT2D eigenvalue weighted by Gasteiger charge is -2.18. The van der Waals surface area contributed by atoms with Crippen LogP contribution in [0.15, 0.2) is 36.8 Å². The van der Waals surface area contributed by atoms with Crippen LogP contribution in [0.5, 0.6) is 5.75 Å². The van der Waals surface area contributed by atoms with Gasteiger partial charge in [0.2, 0.25) is 0 Å². The van der Waals surface area contributed by atoms with Crippen molar-refractivity contribution in [3.63, 3.8) is 0 Å². The first-order valence-corrected chi connectivity index (χ1v) is 9.30. The highest BCUT2D eigenvalue weighted by Crippen LogP contribution is 2.43. The number of para-hydroxylation sites is 1. The molecule has 0 aliphatic carbocycles. The second-order valence-electron chi connectivity index (χ2n) is 7.19. The van der Waals surface area contributed by atoms with E-state index in [1.165, 1.54) is 0 Å². The van der Waals surface area contributed by atoms with Gasteiger partial charge >= 0.3 is 0 Å². The second kappa shape index (κ2) is 6.58. The van der Waals surface area contributed by atoms with Gasteiger partial charge < -0.3 is 20.3 Å². The number of anilines is 3. The van der Waals surface area contributed by atoms with Crippen molar-refractivity contribution >= 4 is 23.1 Å². The van der Waals surface area contributed by atoms with E-state index in [1.54, 1.807) is 25.2 Å². The Morgan fingerprint density at radius 1 is 1.40 bits per heavy atom. The predicted molar refractivity (Wildman–Crippen MR) is 113 cm³/mol. The molecule has 0 atom stereocenters. The molecule has 0 bridgehead atoms. The number of hydrogen-bond acceptors (Lipinski definition) is 7. The fraction of sp³-hybridized carbons (Fsp3) is 0.238. The van der Waals surface area contributed by atoms with Crippen LogP contribution >= 0.6 is 0 Å². The maximum absolute atomic E-state index is 13.2.